The highest BCUT2D eigenvalue weighted by molar-refractivity contribution is 6.42. The molecule has 0 aromatic heterocycles. The average molecular weight is 499 g/mol. The molecular formula is C26H24Cl2N2O4. The molecule has 34 heavy (non-hydrogen) atoms. The number of benzene rings is 2. The van der Waals surface area contributed by atoms with Crippen LogP contribution < -0.4 is 0 Å². The molecular weight excluding hydrogens is 475 g/mol. The van der Waals surface area contributed by atoms with Gasteiger partial charge in [-0.15, -0.1) is 0 Å². The molecule has 2 aromatic carbocycles. The molecule has 0 bridgehead atoms. The molecule has 176 valence electrons. The van der Waals surface area contributed by atoms with Crippen LogP contribution in [0.25, 0.3) is 0 Å². The highest BCUT2D eigenvalue weighted by Crippen LogP contribution is 2.38. The Labute approximate surface area is 208 Å². The van der Waals surface area contributed by atoms with Gasteiger partial charge in [0.2, 0.25) is 0 Å². The van der Waals surface area contributed by atoms with Crippen molar-refractivity contribution in [2.45, 2.75) is 33.6 Å². The number of amides is 3. The summed E-state index contributed by atoms with van der Waals surface area (Å²) in [7, 11) is 0. The van der Waals surface area contributed by atoms with E-state index in [9.17, 15) is 19.2 Å². The van der Waals surface area contributed by atoms with E-state index in [1.165, 1.54) is 18.2 Å². The second-order valence-electron chi connectivity index (χ2n) is 8.91. The minimum Gasteiger partial charge on any atom is -0.292 e. The number of hydrogen-bond acceptors (Lipinski definition) is 4. The Bertz CT molecular complexity index is 1250. The Hall–Kier alpha value is -2.96. The second kappa shape index (κ2) is 9.35. The Morgan fingerprint density at radius 2 is 1.59 bits per heavy atom. The summed E-state index contributed by atoms with van der Waals surface area (Å²) in [6.45, 7) is 5.27. The number of fused-ring (bicyclic) bond motifs is 1. The van der Waals surface area contributed by atoms with Crippen molar-refractivity contribution >= 4 is 46.7 Å². The van der Waals surface area contributed by atoms with E-state index < -0.39 is 36.1 Å². The van der Waals surface area contributed by atoms with Gasteiger partial charge in [-0.3, -0.25) is 19.2 Å². The molecule has 2 atom stereocenters. The summed E-state index contributed by atoms with van der Waals surface area (Å²) in [5.41, 5.74) is 3.49. The van der Waals surface area contributed by atoms with Crippen LogP contribution in [0.4, 0.5) is 0 Å². The quantitative estimate of drug-likeness (QED) is 0.322. The molecule has 2 aliphatic rings. The zero-order chi connectivity index (χ0) is 24.7. The predicted octanol–water partition coefficient (Wildman–Crippen LogP) is 5.19. The standard InChI is InChI=1S/C26H24Cl2N2O4/c1-14-4-8-19-20(10-14)26(34)30(25(19)33)29(24(32)18-7-9-21(27)22(28)12-18)13-23(31)17-6-5-15(2)16(3)11-17/h4-7,9,11-12,19-20H,8,10,13H2,1-3H3/t19-,20-/m0/s1. The molecule has 4 rings (SSSR count). The van der Waals surface area contributed by atoms with Crippen molar-refractivity contribution in [3.8, 4) is 0 Å². The summed E-state index contributed by atoms with van der Waals surface area (Å²) in [5.74, 6) is -3.10. The van der Waals surface area contributed by atoms with Gasteiger partial charge < -0.3 is 0 Å². The van der Waals surface area contributed by atoms with Crippen molar-refractivity contribution < 1.29 is 19.2 Å². The van der Waals surface area contributed by atoms with Crippen LogP contribution in [0.5, 0.6) is 0 Å². The molecule has 0 radical (unpaired) electrons. The summed E-state index contributed by atoms with van der Waals surface area (Å²) >= 11 is 12.1. The third-order valence-corrected chi connectivity index (χ3v) is 7.30. The lowest BCUT2D eigenvalue weighted by Gasteiger charge is -2.30. The largest absolute Gasteiger partial charge is 0.292 e. The molecule has 3 amide bonds. The van der Waals surface area contributed by atoms with Crippen molar-refractivity contribution in [2.24, 2.45) is 11.8 Å². The number of hydrogen-bond donors (Lipinski definition) is 0. The maximum absolute atomic E-state index is 13.6. The van der Waals surface area contributed by atoms with E-state index in [-0.39, 0.29) is 21.4 Å². The van der Waals surface area contributed by atoms with Crippen molar-refractivity contribution in [1.29, 1.82) is 0 Å². The summed E-state index contributed by atoms with van der Waals surface area (Å²) < 4.78 is 0. The summed E-state index contributed by atoms with van der Waals surface area (Å²) in [6.07, 6.45) is 2.82. The molecule has 1 fully saturated rings. The number of carbonyl (C=O) groups excluding carboxylic acids is 4. The first-order valence-corrected chi connectivity index (χ1v) is 11.7. The Morgan fingerprint density at radius 1 is 0.912 bits per heavy atom. The highest BCUT2D eigenvalue weighted by Gasteiger charge is 2.51. The van der Waals surface area contributed by atoms with Crippen LogP contribution in [-0.4, -0.2) is 40.1 Å². The third-order valence-electron chi connectivity index (χ3n) is 6.56. The van der Waals surface area contributed by atoms with Crippen molar-refractivity contribution in [1.82, 2.24) is 10.0 Å². The summed E-state index contributed by atoms with van der Waals surface area (Å²) in [4.78, 5) is 53.4. The number of halogens is 2. The number of aryl methyl sites for hydroxylation is 2. The van der Waals surface area contributed by atoms with E-state index in [0.29, 0.717) is 18.4 Å². The summed E-state index contributed by atoms with van der Waals surface area (Å²) in [5, 5.41) is 2.23. The zero-order valence-electron chi connectivity index (χ0n) is 19.1. The molecule has 1 aliphatic carbocycles. The van der Waals surface area contributed by atoms with Crippen LogP contribution in [0.2, 0.25) is 10.0 Å². The molecule has 1 saturated heterocycles. The molecule has 2 aromatic rings. The lowest BCUT2D eigenvalue weighted by atomic mass is 9.82. The van der Waals surface area contributed by atoms with E-state index in [2.05, 4.69) is 0 Å². The minimum absolute atomic E-state index is 0.118. The van der Waals surface area contributed by atoms with Gasteiger partial charge in [-0.2, -0.15) is 5.01 Å². The molecule has 1 aliphatic heterocycles. The van der Waals surface area contributed by atoms with Crippen LogP contribution in [0.3, 0.4) is 0 Å². The molecule has 1 heterocycles. The maximum Gasteiger partial charge on any atom is 0.273 e. The van der Waals surface area contributed by atoms with Gasteiger partial charge in [0.15, 0.2) is 5.78 Å². The third kappa shape index (κ3) is 4.40. The summed E-state index contributed by atoms with van der Waals surface area (Å²) in [6, 6.07) is 9.51. The van der Waals surface area contributed by atoms with E-state index in [1.54, 1.807) is 12.1 Å². The highest BCUT2D eigenvalue weighted by atomic mass is 35.5. The van der Waals surface area contributed by atoms with Crippen LogP contribution in [0.1, 0.15) is 51.6 Å². The number of nitrogens with zero attached hydrogens (tertiary/aromatic N) is 2. The average Bonchev–Trinajstić information content (AvgIpc) is 3.04. The SMILES string of the molecule is CC1=CC[C@@H]2C(=O)N(N(CC(=O)c3ccc(C)c(C)c3)C(=O)c3ccc(Cl)c(Cl)c3)C(=O)[C@H]2C1. The topological polar surface area (TPSA) is 74.8 Å². The van der Waals surface area contributed by atoms with Gasteiger partial charge in [0.05, 0.1) is 21.9 Å². The van der Waals surface area contributed by atoms with E-state index >= 15 is 0 Å². The monoisotopic (exact) mass is 498 g/mol. The van der Waals surface area contributed by atoms with Crippen LogP contribution in [0, 0.1) is 25.7 Å². The number of hydrazine groups is 1. The number of carbonyl (C=O) groups is 4. The molecule has 6 nitrogen and oxygen atoms in total. The fraction of sp³-hybridized carbons (Fsp3) is 0.308. The maximum atomic E-state index is 13.6. The van der Waals surface area contributed by atoms with Crippen LogP contribution in [-0.2, 0) is 9.59 Å². The molecule has 0 saturated carbocycles. The van der Waals surface area contributed by atoms with Crippen LogP contribution in [0.15, 0.2) is 48.0 Å². The molecule has 0 N–H and O–H groups in total. The minimum atomic E-state index is -0.680. The first kappa shape index (κ1) is 24.2. The van der Waals surface area contributed by atoms with Gasteiger partial charge in [0.25, 0.3) is 17.7 Å². The lowest BCUT2D eigenvalue weighted by Crippen LogP contribution is -2.52. The number of rotatable bonds is 5. The zero-order valence-corrected chi connectivity index (χ0v) is 20.6. The number of imide groups is 1. The Balaban J connectivity index is 1.72. The van der Waals surface area contributed by atoms with Gasteiger partial charge in [-0.25, -0.2) is 5.01 Å². The first-order chi connectivity index (χ1) is 16.1. The number of ketones is 1. The van der Waals surface area contributed by atoms with Gasteiger partial charge >= 0.3 is 0 Å². The fourth-order valence-electron chi connectivity index (χ4n) is 4.41. The van der Waals surface area contributed by atoms with Gasteiger partial charge in [0, 0.05) is 11.1 Å². The van der Waals surface area contributed by atoms with E-state index in [0.717, 1.165) is 26.7 Å². The molecule has 8 heteroatoms. The van der Waals surface area contributed by atoms with Gasteiger partial charge in [-0.1, -0.05) is 47.0 Å². The van der Waals surface area contributed by atoms with Gasteiger partial charge in [0.1, 0.15) is 6.54 Å². The van der Waals surface area contributed by atoms with Gasteiger partial charge in [-0.05, 0) is 69.0 Å². The molecule has 0 unspecified atom stereocenters. The second-order valence-corrected chi connectivity index (χ2v) is 9.72. The Morgan fingerprint density at radius 3 is 2.26 bits per heavy atom. The van der Waals surface area contributed by atoms with Crippen molar-refractivity contribution in [2.75, 3.05) is 6.54 Å². The first-order valence-electron chi connectivity index (χ1n) is 11.0. The van der Waals surface area contributed by atoms with Crippen molar-refractivity contribution in [3.63, 3.8) is 0 Å². The van der Waals surface area contributed by atoms with Crippen LogP contribution >= 0.6 is 23.2 Å². The Kier molecular flexibility index (Phi) is 6.65. The van der Waals surface area contributed by atoms with Crippen molar-refractivity contribution in [3.05, 3.63) is 80.3 Å². The lowest BCUT2D eigenvalue weighted by molar-refractivity contribution is -0.154. The van der Waals surface area contributed by atoms with E-state index in [1.807, 2.05) is 32.9 Å². The number of Topliss-reactive ketones (excluding diaryl/α,β-unsaturated/α-hetero) is 1. The van der Waals surface area contributed by atoms with E-state index in [4.69, 9.17) is 23.2 Å². The molecule has 0 spiro atoms. The smallest absolute Gasteiger partial charge is 0.273 e. The normalized spacial score (nSPS) is 19.7. The fourth-order valence-corrected chi connectivity index (χ4v) is 4.71. The predicted molar refractivity (Wildman–Crippen MR) is 130 cm³/mol. The number of allylic oxidation sites excluding steroid dienone is 2.